The number of halogens is 1. The molecule has 0 unspecified atom stereocenters. The van der Waals surface area contributed by atoms with E-state index < -0.39 is 0 Å². The average molecular weight is 298 g/mol. The minimum absolute atomic E-state index is 0.116. The predicted molar refractivity (Wildman–Crippen MR) is 79.6 cm³/mol. The number of nitrogen functional groups attached to an aromatic ring is 1. The van der Waals surface area contributed by atoms with Gasteiger partial charge in [-0.2, -0.15) is 0 Å². The van der Waals surface area contributed by atoms with Crippen LogP contribution in [-0.2, 0) is 13.1 Å². The lowest BCUT2D eigenvalue weighted by Gasteiger charge is -2.07. The number of nitrogens with zero attached hydrogens (tertiary/aromatic N) is 1. The fraction of sp³-hybridized carbons (Fsp3) is 0.308. The van der Waals surface area contributed by atoms with Crippen LogP contribution in [0.2, 0.25) is 4.34 Å². The molecule has 0 spiro atoms. The number of anilines is 1. The van der Waals surface area contributed by atoms with Gasteiger partial charge in [-0.3, -0.25) is 4.79 Å². The molecule has 0 aromatic carbocycles. The van der Waals surface area contributed by atoms with Crippen LogP contribution in [0.3, 0.4) is 0 Å². The molecule has 0 bridgehead atoms. The van der Waals surface area contributed by atoms with E-state index in [-0.39, 0.29) is 5.91 Å². The molecule has 0 aliphatic carbocycles. The highest BCUT2D eigenvalue weighted by Crippen LogP contribution is 2.21. The fourth-order valence-electron chi connectivity index (χ4n) is 1.85. The van der Waals surface area contributed by atoms with E-state index in [1.165, 1.54) is 11.3 Å². The quantitative estimate of drug-likeness (QED) is 0.891. The largest absolute Gasteiger partial charge is 0.397 e. The number of hydrogen-bond donors (Lipinski definition) is 2. The van der Waals surface area contributed by atoms with Crippen molar-refractivity contribution in [1.29, 1.82) is 0 Å². The molecule has 0 saturated heterocycles. The van der Waals surface area contributed by atoms with Gasteiger partial charge in [0.05, 0.1) is 16.6 Å². The Labute approximate surface area is 121 Å². The number of aromatic nitrogens is 1. The van der Waals surface area contributed by atoms with Crippen molar-refractivity contribution < 1.29 is 4.79 Å². The number of nitrogens with two attached hydrogens (primary N) is 1. The zero-order valence-electron chi connectivity index (χ0n) is 10.6. The van der Waals surface area contributed by atoms with Gasteiger partial charge in [0.1, 0.15) is 5.69 Å². The van der Waals surface area contributed by atoms with E-state index >= 15 is 0 Å². The molecule has 2 aromatic heterocycles. The van der Waals surface area contributed by atoms with Crippen molar-refractivity contribution in [3.05, 3.63) is 39.3 Å². The molecular formula is C13H16ClN3OS. The first-order chi connectivity index (χ1) is 9.10. The SMILES string of the molecule is CCCn1cc(N)cc1C(=O)NCc1ccc(Cl)s1. The summed E-state index contributed by atoms with van der Waals surface area (Å²) in [5, 5.41) is 2.88. The second-order valence-electron chi connectivity index (χ2n) is 4.24. The summed E-state index contributed by atoms with van der Waals surface area (Å²) in [6, 6.07) is 5.44. The number of amides is 1. The summed E-state index contributed by atoms with van der Waals surface area (Å²) < 4.78 is 2.61. The monoisotopic (exact) mass is 297 g/mol. The van der Waals surface area contributed by atoms with Gasteiger partial charge in [0, 0.05) is 17.6 Å². The Hall–Kier alpha value is -1.46. The van der Waals surface area contributed by atoms with E-state index in [0.717, 1.165) is 22.2 Å². The maximum atomic E-state index is 12.1. The van der Waals surface area contributed by atoms with Gasteiger partial charge >= 0.3 is 0 Å². The van der Waals surface area contributed by atoms with Crippen molar-refractivity contribution in [1.82, 2.24) is 9.88 Å². The molecule has 0 aliphatic heterocycles. The number of hydrogen-bond acceptors (Lipinski definition) is 3. The second-order valence-corrected chi connectivity index (χ2v) is 6.04. The lowest BCUT2D eigenvalue weighted by atomic mass is 10.3. The van der Waals surface area contributed by atoms with E-state index in [1.54, 1.807) is 12.3 Å². The van der Waals surface area contributed by atoms with Crippen LogP contribution in [0.5, 0.6) is 0 Å². The minimum atomic E-state index is -0.116. The number of thiophene rings is 1. The average Bonchev–Trinajstić information content (AvgIpc) is 2.93. The van der Waals surface area contributed by atoms with E-state index in [9.17, 15) is 4.79 Å². The maximum Gasteiger partial charge on any atom is 0.268 e. The van der Waals surface area contributed by atoms with Gasteiger partial charge in [0.2, 0.25) is 0 Å². The molecule has 0 fully saturated rings. The van der Waals surface area contributed by atoms with E-state index in [4.69, 9.17) is 17.3 Å². The molecule has 102 valence electrons. The highest BCUT2D eigenvalue weighted by molar-refractivity contribution is 7.16. The fourth-order valence-corrected chi connectivity index (χ4v) is 2.88. The normalized spacial score (nSPS) is 10.6. The number of rotatable bonds is 5. The lowest BCUT2D eigenvalue weighted by molar-refractivity contribution is 0.0942. The molecule has 0 radical (unpaired) electrons. The van der Waals surface area contributed by atoms with Crippen LogP contribution in [0.25, 0.3) is 0 Å². The third-order valence-corrected chi connectivity index (χ3v) is 3.90. The first-order valence-electron chi connectivity index (χ1n) is 6.08. The highest BCUT2D eigenvalue weighted by Gasteiger charge is 2.12. The van der Waals surface area contributed by atoms with Gasteiger partial charge in [-0.15, -0.1) is 11.3 Å². The first-order valence-corrected chi connectivity index (χ1v) is 7.27. The standard InChI is InChI=1S/C13H16ClN3OS/c1-2-5-17-8-9(15)6-11(17)13(18)16-7-10-3-4-12(14)19-10/h3-4,6,8H,2,5,7,15H2,1H3,(H,16,18). The first kappa shape index (κ1) is 14.0. The lowest BCUT2D eigenvalue weighted by Crippen LogP contribution is -2.25. The third-order valence-electron chi connectivity index (χ3n) is 2.67. The molecule has 2 heterocycles. The van der Waals surface area contributed by atoms with Crippen LogP contribution in [0.1, 0.15) is 28.7 Å². The Morgan fingerprint density at radius 1 is 1.53 bits per heavy atom. The zero-order chi connectivity index (χ0) is 13.8. The van der Waals surface area contributed by atoms with Gasteiger partial charge < -0.3 is 15.6 Å². The summed E-state index contributed by atoms with van der Waals surface area (Å²) in [6.45, 7) is 3.32. The van der Waals surface area contributed by atoms with Gasteiger partial charge in [0.25, 0.3) is 5.91 Å². The van der Waals surface area contributed by atoms with Crippen LogP contribution in [0.4, 0.5) is 5.69 Å². The molecule has 1 amide bonds. The van der Waals surface area contributed by atoms with Gasteiger partial charge in [-0.1, -0.05) is 18.5 Å². The third kappa shape index (κ3) is 3.52. The number of carbonyl (C=O) groups is 1. The molecular weight excluding hydrogens is 282 g/mol. The van der Waals surface area contributed by atoms with Gasteiger partial charge in [-0.05, 0) is 24.6 Å². The summed E-state index contributed by atoms with van der Waals surface area (Å²) in [7, 11) is 0. The predicted octanol–water partition coefficient (Wildman–Crippen LogP) is 3.13. The number of aryl methyl sites for hydroxylation is 1. The van der Waals surface area contributed by atoms with Crippen LogP contribution < -0.4 is 11.1 Å². The highest BCUT2D eigenvalue weighted by atomic mass is 35.5. The number of carbonyl (C=O) groups excluding carboxylic acids is 1. The van der Waals surface area contributed by atoms with Crippen molar-refractivity contribution in [2.45, 2.75) is 26.4 Å². The molecule has 6 heteroatoms. The van der Waals surface area contributed by atoms with Crippen molar-refractivity contribution in [2.24, 2.45) is 0 Å². The minimum Gasteiger partial charge on any atom is -0.397 e. The van der Waals surface area contributed by atoms with Gasteiger partial charge in [-0.25, -0.2) is 0 Å². The van der Waals surface area contributed by atoms with E-state index in [1.807, 2.05) is 16.7 Å². The Balaban J connectivity index is 2.03. The van der Waals surface area contributed by atoms with Crippen LogP contribution in [0, 0.1) is 0 Å². The molecule has 2 rings (SSSR count). The van der Waals surface area contributed by atoms with Crippen molar-refractivity contribution in [3.8, 4) is 0 Å². The summed E-state index contributed by atoms with van der Waals surface area (Å²) in [5.74, 6) is -0.116. The summed E-state index contributed by atoms with van der Waals surface area (Å²) in [5.41, 5.74) is 6.95. The summed E-state index contributed by atoms with van der Waals surface area (Å²) in [4.78, 5) is 13.1. The van der Waals surface area contributed by atoms with Crippen molar-refractivity contribution in [3.63, 3.8) is 0 Å². The van der Waals surface area contributed by atoms with E-state index in [0.29, 0.717) is 17.9 Å². The second kappa shape index (κ2) is 6.12. The number of nitrogens with one attached hydrogen (secondary N) is 1. The molecule has 0 aliphatic rings. The summed E-state index contributed by atoms with van der Waals surface area (Å²) in [6.07, 6.45) is 2.75. The molecule has 3 N–H and O–H groups in total. The Morgan fingerprint density at radius 2 is 2.32 bits per heavy atom. The molecule has 0 saturated carbocycles. The zero-order valence-corrected chi connectivity index (χ0v) is 12.2. The molecule has 4 nitrogen and oxygen atoms in total. The van der Waals surface area contributed by atoms with Crippen molar-refractivity contribution >= 4 is 34.5 Å². The van der Waals surface area contributed by atoms with Crippen LogP contribution in [0.15, 0.2) is 24.4 Å². The van der Waals surface area contributed by atoms with Gasteiger partial charge in [0.15, 0.2) is 0 Å². The Morgan fingerprint density at radius 3 is 2.95 bits per heavy atom. The Kier molecular flexibility index (Phi) is 4.50. The van der Waals surface area contributed by atoms with E-state index in [2.05, 4.69) is 12.2 Å². The van der Waals surface area contributed by atoms with Crippen LogP contribution in [-0.4, -0.2) is 10.5 Å². The Bertz CT molecular complexity index is 576. The molecule has 2 aromatic rings. The maximum absolute atomic E-state index is 12.1. The van der Waals surface area contributed by atoms with Crippen LogP contribution >= 0.6 is 22.9 Å². The molecule has 19 heavy (non-hydrogen) atoms. The smallest absolute Gasteiger partial charge is 0.268 e. The van der Waals surface area contributed by atoms with Crippen molar-refractivity contribution in [2.75, 3.05) is 5.73 Å². The topological polar surface area (TPSA) is 60.0 Å². The summed E-state index contributed by atoms with van der Waals surface area (Å²) >= 11 is 7.31. The molecule has 0 atom stereocenters.